The summed E-state index contributed by atoms with van der Waals surface area (Å²) < 4.78 is 0. The Morgan fingerprint density at radius 3 is 2.17 bits per heavy atom. The lowest BCUT2D eigenvalue weighted by Gasteiger charge is -2.24. The average Bonchev–Trinajstić information content (AvgIpc) is 2.29. The molecular formula is C14H26N4. The first-order valence-electron chi connectivity index (χ1n) is 6.80. The molecule has 1 rings (SSSR count). The maximum Gasteiger partial charge on any atom is 0.227 e. The molecule has 1 heterocycles. The predicted octanol–water partition coefficient (Wildman–Crippen LogP) is 3.05. The van der Waals surface area contributed by atoms with Gasteiger partial charge in [0.1, 0.15) is 5.82 Å². The first-order valence-corrected chi connectivity index (χ1v) is 6.80. The van der Waals surface area contributed by atoms with Gasteiger partial charge in [0.2, 0.25) is 5.95 Å². The summed E-state index contributed by atoms with van der Waals surface area (Å²) in [5.41, 5.74) is 1.12. The number of rotatable bonds is 5. The van der Waals surface area contributed by atoms with Crippen molar-refractivity contribution >= 4 is 11.8 Å². The first kappa shape index (κ1) is 14.7. The molecule has 0 saturated carbocycles. The summed E-state index contributed by atoms with van der Waals surface area (Å²) in [5, 5.41) is 3.29. The van der Waals surface area contributed by atoms with Gasteiger partial charge in [-0.1, -0.05) is 20.8 Å². The minimum absolute atomic E-state index is 0.0367. The van der Waals surface area contributed by atoms with Crippen molar-refractivity contribution in [1.82, 2.24) is 9.97 Å². The maximum atomic E-state index is 4.70. The molecular weight excluding hydrogens is 224 g/mol. The number of hydrogen-bond acceptors (Lipinski definition) is 4. The van der Waals surface area contributed by atoms with Crippen LogP contribution in [0.25, 0.3) is 0 Å². The van der Waals surface area contributed by atoms with Crippen molar-refractivity contribution in [2.45, 2.75) is 47.0 Å². The van der Waals surface area contributed by atoms with Gasteiger partial charge < -0.3 is 10.2 Å². The van der Waals surface area contributed by atoms with Gasteiger partial charge in [-0.2, -0.15) is 4.98 Å². The van der Waals surface area contributed by atoms with E-state index in [-0.39, 0.29) is 5.41 Å². The molecule has 1 aromatic rings. The van der Waals surface area contributed by atoms with Crippen molar-refractivity contribution in [2.24, 2.45) is 0 Å². The second kappa shape index (κ2) is 6.03. The van der Waals surface area contributed by atoms with Crippen LogP contribution in [0.4, 0.5) is 11.8 Å². The van der Waals surface area contributed by atoms with Crippen molar-refractivity contribution < 1.29 is 0 Å². The average molecular weight is 250 g/mol. The lowest BCUT2D eigenvalue weighted by Crippen LogP contribution is -2.26. The molecule has 18 heavy (non-hydrogen) atoms. The summed E-state index contributed by atoms with van der Waals surface area (Å²) in [6.07, 6.45) is 0. The van der Waals surface area contributed by atoms with Crippen molar-refractivity contribution in [1.29, 1.82) is 0 Å². The first-order chi connectivity index (χ1) is 8.42. The largest absolute Gasteiger partial charge is 0.370 e. The van der Waals surface area contributed by atoms with Crippen LogP contribution in [0.15, 0.2) is 6.07 Å². The summed E-state index contributed by atoms with van der Waals surface area (Å²) in [4.78, 5) is 11.5. The lowest BCUT2D eigenvalue weighted by molar-refractivity contribution is 0.565. The van der Waals surface area contributed by atoms with E-state index in [4.69, 9.17) is 4.98 Å². The molecule has 1 N–H and O–H groups in total. The van der Waals surface area contributed by atoms with E-state index in [1.54, 1.807) is 0 Å². The number of aromatic nitrogens is 2. The highest BCUT2D eigenvalue weighted by molar-refractivity contribution is 5.45. The van der Waals surface area contributed by atoms with Crippen molar-refractivity contribution in [3.63, 3.8) is 0 Å². The van der Waals surface area contributed by atoms with E-state index in [9.17, 15) is 0 Å². The van der Waals surface area contributed by atoms with Crippen molar-refractivity contribution in [3.05, 3.63) is 11.8 Å². The standard InChI is InChI=1S/C14H26N4/c1-7-15-12-10-11(14(4,5)6)16-13(17-12)18(8-2)9-3/h10H,7-9H2,1-6H3,(H,15,16,17). The zero-order valence-electron chi connectivity index (χ0n) is 12.5. The van der Waals surface area contributed by atoms with Crippen molar-refractivity contribution in [3.8, 4) is 0 Å². The molecule has 0 atom stereocenters. The molecule has 102 valence electrons. The summed E-state index contributed by atoms with van der Waals surface area (Å²) in [6.45, 7) is 15.6. The Labute approximate surface area is 111 Å². The zero-order valence-corrected chi connectivity index (χ0v) is 12.5. The Kier molecular flexibility index (Phi) is 4.93. The van der Waals surface area contributed by atoms with E-state index in [2.05, 4.69) is 62.8 Å². The number of nitrogens with zero attached hydrogens (tertiary/aromatic N) is 3. The van der Waals surface area contributed by atoms with Gasteiger partial charge in [0.15, 0.2) is 0 Å². The van der Waals surface area contributed by atoms with Gasteiger partial charge >= 0.3 is 0 Å². The van der Waals surface area contributed by atoms with Gasteiger partial charge in [0.05, 0.1) is 5.69 Å². The molecule has 0 unspecified atom stereocenters. The number of nitrogens with one attached hydrogen (secondary N) is 1. The summed E-state index contributed by atoms with van der Waals surface area (Å²) >= 11 is 0. The third kappa shape index (κ3) is 3.59. The van der Waals surface area contributed by atoms with E-state index < -0.39 is 0 Å². The highest BCUT2D eigenvalue weighted by atomic mass is 15.3. The van der Waals surface area contributed by atoms with Gasteiger partial charge in [-0.3, -0.25) is 0 Å². The van der Waals surface area contributed by atoms with E-state index in [1.165, 1.54) is 0 Å². The fourth-order valence-electron chi connectivity index (χ4n) is 1.74. The molecule has 4 heteroatoms. The Hall–Kier alpha value is -1.32. The van der Waals surface area contributed by atoms with Gasteiger partial charge in [-0.05, 0) is 20.8 Å². The lowest BCUT2D eigenvalue weighted by atomic mass is 9.92. The second-order valence-electron chi connectivity index (χ2n) is 5.39. The molecule has 0 radical (unpaired) electrons. The highest BCUT2D eigenvalue weighted by Gasteiger charge is 2.19. The van der Waals surface area contributed by atoms with E-state index in [0.29, 0.717) is 0 Å². The Bertz CT molecular complexity index is 378. The minimum atomic E-state index is 0.0367. The molecule has 1 aromatic heterocycles. The molecule has 0 fully saturated rings. The Morgan fingerprint density at radius 2 is 1.72 bits per heavy atom. The molecule has 4 nitrogen and oxygen atoms in total. The van der Waals surface area contributed by atoms with Crippen LogP contribution in [0.1, 0.15) is 47.2 Å². The Balaban J connectivity index is 3.21. The molecule has 0 aliphatic heterocycles. The van der Waals surface area contributed by atoms with Gasteiger partial charge in [0, 0.05) is 31.1 Å². The third-order valence-corrected chi connectivity index (χ3v) is 2.89. The zero-order chi connectivity index (χ0) is 13.8. The third-order valence-electron chi connectivity index (χ3n) is 2.89. The van der Waals surface area contributed by atoms with Gasteiger partial charge in [-0.25, -0.2) is 4.98 Å². The molecule has 0 amide bonds. The van der Waals surface area contributed by atoms with Crippen LogP contribution in [0, 0.1) is 0 Å². The van der Waals surface area contributed by atoms with Gasteiger partial charge in [-0.15, -0.1) is 0 Å². The summed E-state index contributed by atoms with van der Waals surface area (Å²) in [7, 11) is 0. The molecule has 0 spiro atoms. The normalized spacial score (nSPS) is 11.4. The van der Waals surface area contributed by atoms with E-state index in [0.717, 1.165) is 37.1 Å². The summed E-state index contributed by atoms with van der Waals surface area (Å²) in [5.74, 6) is 1.74. The van der Waals surface area contributed by atoms with E-state index >= 15 is 0 Å². The number of anilines is 2. The van der Waals surface area contributed by atoms with Crippen LogP contribution < -0.4 is 10.2 Å². The molecule has 0 saturated heterocycles. The number of hydrogen-bond donors (Lipinski definition) is 1. The molecule has 0 aromatic carbocycles. The van der Waals surface area contributed by atoms with Gasteiger partial charge in [0.25, 0.3) is 0 Å². The van der Waals surface area contributed by atoms with E-state index in [1.807, 2.05) is 0 Å². The highest BCUT2D eigenvalue weighted by Crippen LogP contribution is 2.24. The quantitative estimate of drug-likeness (QED) is 0.872. The molecule has 0 aliphatic rings. The van der Waals surface area contributed by atoms with Crippen LogP contribution in [-0.4, -0.2) is 29.6 Å². The Morgan fingerprint density at radius 1 is 1.11 bits per heavy atom. The van der Waals surface area contributed by atoms with Crippen LogP contribution in [0.3, 0.4) is 0 Å². The fraction of sp³-hybridized carbons (Fsp3) is 0.714. The fourth-order valence-corrected chi connectivity index (χ4v) is 1.74. The molecule has 0 bridgehead atoms. The smallest absolute Gasteiger partial charge is 0.227 e. The van der Waals surface area contributed by atoms with Crippen LogP contribution in [0.5, 0.6) is 0 Å². The predicted molar refractivity (Wildman–Crippen MR) is 78.5 cm³/mol. The van der Waals surface area contributed by atoms with Crippen LogP contribution in [0.2, 0.25) is 0 Å². The minimum Gasteiger partial charge on any atom is -0.370 e. The molecule has 0 aliphatic carbocycles. The van der Waals surface area contributed by atoms with Crippen molar-refractivity contribution in [2.75, 3.05) is 29.9 Å². The second-order valence-corrected chi connectivity index (χ2v) is 5.39. The SMILES string of the molecule is CCNc1cc(C(C)(C)C)nc(N(CC)CC)n1. The maximum absolute atomic E-state index is 4.70. The van der Waals surface area contributed by atoms with Crippen LogP contribution >= 0.6 is 0 Å². The van der Waals surface area contributed by atoms with Crippen LogP contribution in [-0.2, 0) is 5.41 Å². The monoisotopic (exact) mass is 250 g/mol. The topological polar surface area (TPSA) is 41.1 Å². The summed E-state index contributed by atoms with van der Waals surface area (Å²) in [6, 6.07) is 2.05.